The Morgan fingerprint density at radius 3 is 2.18 bits per heavy atom. The molecular weight excluding hydrogens is 576 g/mol. The second-order valence-corrected chi connectivity index (χ2v) is 12.3. The van der Waals surface area contributed by atoms with Gasteiger partial charge >= 0.3 is 29.8 Å². The van der Waals surface area contributed by atoms with E-state index in [1.165, 1.54) is 13.8 Å². The molecule has 3 rings (SSSR count). The summed E-state index contributed by atoms with van der Waals surface area (Å²) < 4.78 is 29.1. The summed E-state index contributed by atoms with van der Waals surface area (Å²) in [4.78, 5) is 64.7. The molecule has 3 aliphatic rings. The number of esters is 5. The van der Waals surface area contributed by atoms with E-state index in [-0.39, 0.29) is 29.6 Å². The lowest BCUT2D eigenvalue weighted by Gasteiger charge is -2.41. The Bertz CT molecular complexity index is 1230. The molecule has 1 aliphatic heterocycles. The fourth-order valence-electron chi connectivity index (χ4n) is 6.55. The van der Waals surface area contributed by atoms with E-state index in [0.717, 1.165) is 19.8 Å². The average molecular weight is 623 g/mol. The monoisotopic (exact) mass is 622 g/mol. The Labute approximate surface area is 258 Å². The predicted molar refractivity (Wildman–Crippen MR) is 155 cm³/mol. The molecule has 1 heterocycles. The summed E-state index contributed by atoms with van der Waals surface area (Å²) in [5.74, 6) is -5.05. The van der Waals surface area contributed by atoms with E-state index < -0.39 is 83.4 Å². The van der Waals surface area contributed by atoms with Crippen LogP contribution in [0, 0.1) is 5.92 Å². The summed E-state index contributed by atoms with van der Waals surface area (Å²) in [6, 6.07) is 0. The standard InChI is InChI=1S/C32H46O12/c1-9-12-13-15-22(35)41-26-24-23(18(5)25(26)42-28(36)17(4)11-3)27-32(39,31(8,38)29(37)43-27)20(40-21(34)14-10-2)16-30(24,7)44-19(6)33/h11,20,24-27,38-39H,9-10,12-16H2,1-8H3/b17-11+/t20-,24+,25+,26-,27-,30+,31-,32-/m0/s1. The summed E-state index contributed by atoms with van der Waals surface area (Å²) >= 11 is 0. The van der Waals surface area contributed by atoms with Gasteiger partial charge in [0.1, 0.15) is 11.7 Å². The smallest absolute Gasteiger partial charge is 0.341 e. The lowest BCUT2D eigenvalue weighted by Crippen LogP contribution is -2.64. The van der Waals surface area contributed by atoms with Crippen LogP contribution < -0.4 is 0 Å². The molecule has 246 valence electrons. The molecule has 0 spiro atoms. The first-order chi connectivity index (χ1) is 20.5. The van der Waals surface area contributed by atoms with Crippen LogP contribution in [0.3, 0.4) is 0 Å². The molecule has 0 amide bonds. The van der Waals surface area contributed by atoms with Crippen LogP contribution in [0.25, 0.3) is 0 Å². The van der Waals surface area contributed by atoms with Crippen LogP contribution in [0.4, 0.5) is 0 Å². The highest BCUT2D eigenvalue weighted by atomic mass is 16.6. The van der Waals surface area contributed by atoms with Crippen LogP contribution in [0.15, 0.2) is 22.8 Å². The van der Waals surface area contributed by atoms with Crippen LogP contribution in [0.2, 0.25) is 0 Å². The highest BCUT2D eigenvalue weighted by Gasteiger charge is 2.76. The molecule has 0 unspecified atom stereocenters. The summed E-state index contributed by atoms with van der Waals surface area (Å²) in [6.45, 7) is 12.3. The van der Waals surface area contributed by atoms with E-state index in [1.54, 1.807) is 33.8 Å². The topological polar surface area (TPSA) is 172 Å². The Morgan fingerprint density at radius 2 is 1.61 bits per heavy atom. The minimum Gasteiger partial charge on any atom is -0.459 e. The molecule has 0 aromatic carbocycles. The summed E-state index contributed by atoms with van der Waals surface area (Å²) in [5.41, 5.74) is -6.12. The summed E-state index contributed by atoms with van der Waals surface area (Å²) in [5, 5.41) is 23.8. The SMILES string of the molecule is C/C=C(\C)C(=O)O[C@@H]1C(C)=C2[C@H]([C@@H]1OC(=O)CCCCC)[C@](C)(OC(C)=O)C[C@H](OC(=O)CCC)[C@]1(O)[C@H]2OC(=O)[C@]1(C)O. The van der Waals surface area contributed by atoms with Crippen molar-refractivity contribution in [3.8, 4) is 0 Å². The average Bonchev–Trinajstić information content (AvgIpc) is 3.26. The van der Waals surface area contributed by atoms with E-state index in [0.29, 0.717) is 12.8 Å². The number of hydrogen-bond acceptors (Lipinski definition) is 12. The highest BCUT2D eigenvalue weighted by molar-refractivity contribution is 5.88. The first kappa shape index (κ1) is 35.2. The van der Waals surface area contributed by atoms with Crippen LogP contribution in [-0.4, -0.2) is 81.3 Å². The molecule has 2 fully saturated rings. The number of hydrogen-bond donors (Lipinski definition) is 2. The van der Waals surface area contributed by atoms with Gasteiger partial charge < -0.3 is 33.9 Å². The van der Waals surface area contributed by atoms with Crippen LogP contribution in [-0.2, 0) is 47.7 Å². The number of ether oxygens (including phenoxy) is 5. The summed E-state index contributed by atoms with van der Waals surface area (Å²) in [6.07, 6.45) is -1.96. The van der Waals surface area contributed by atoms with Gasteiger partial charge in [-0.05, 0) is 58.6 Å². The Balaban J connectivity index is 2.29. The fraction of sp³-hybridized carbons (Fsp3) is 0.719. The zero-order valence-corrected chi connectivity index (χ0v) is 26.9. The van der Waals surface area contributed by atoms with Crippen molar-refractivity contribution in [2.45, 2.75) is 142 Å². The number of carbonyl (C=O) groups is 5. The van der Waals surface area contributed by atoms with Gasteiger partial charge in [-0.15, -0.1) is 0 Å². The molecule has 0 aromatic heterocycles. The maximum Gasteiger partial charge on any atom is 0.341 e. The van der Waals surface area contributed by atoms with E-state index >= 15 is 0 Å². The molecule has 44 heavy (non-hydrogen) atoms. The number of aliphatic hydroxyl groups is 2. The molecule has 12 nitrogen and oxygen atoms in total. The van der Waals surface area contributed by atoms with Crippen molar-refractivity contribution >= 4 is 29.8 Å². The second-order valence-electron chi connectivity index (χ2n) is 12.3. The van der Waals surface area contributed by atoms with Gasteiger partial charge in [0.15, 0.2) is 29.5 Å². The van der Waals surface area contributed by atoms with Crippen LogP contribution in [0.5, 0.6) is 0 Å². The fourth-order valence-corrected chi connectivity index (χ4v) is 6.55. The number of unbranched alkanes of at least 4 members (excludes halogenated alkanes) is 2. The van der Waals surface area contributed by atoms with Crippen molar-refractivity contribution in [2.24, 2.45) is 5.92 Å². The van der Waals surface area contributed by atoms with E-state index in [1.807, 2.05) is 6.92 Å². The van der Waals surface area contributed by atoms with Crippen molar-refractivity contribution in [3.63, 3.8) is 0 Å². The molecule has 0 bridgehead atoms. The molecule has 8 atom stereocenters. The molecule has 0 radical (unpaired) electrons. The van der Waals surface area contributed by atoms with E-state index in [4.69, 9.17) is 23.7 Å². The highest BCUT2D eigenvalue weighted by Crippen LogP contribution is 2.57. The van der Waals surface area contributed by atoms with Crippen molar-refractivity contribution in [3.05, 3.63) is 22.8 Å². The third-order valence-corrected chi connectivity index (χ3v) is 9.01. The van der Waals surface area contributed by atoms with Gasteiger partial charge in [-0.25, -0.2) is 9.59 Å². The Kier molecular flexibility index (Phi) is 10.7. The third-order valence-electron chi connectivity index (χ3n) is 9.01. The molecular formula is C32H46O12. The molecule has 0 aromatic rings. The van der Waals surface area contributed by atoms with Crippen molar-refractivity contribution < 1.29 is 57.9 Å². The van der Waals surface area contributed by atoms with Gasteiger partial charge in [-0.1, -0.05) is 32.8 Å². The molecule has 2 N–H and O–H groups in total. The molecule has 2 aliphatic carbocycles. The number of carbonyl (C=O) groups excluding carboxylic acids is 5. The quantitative estimate of drug-likeness (QED) is 0.114. The number of fused-ring (bicyclic) bond motifs is 3. The van der Waals surface area contributed by atoms with E-state index in [9.17, 15) is 34.2 Å². The van der Waals surface area contributed by atoms with E-state index in [2.05, 4.69) is 0 Å². The maximum absolute atomic E-state index is 13.2. The maximum atomic E-state index is 13.2. The normalized spacial score (nSPS) is 34.8. The largest absolute Gasteiger partial charge is 0.459 e. The third kappa shape index (κ3) is 6.28. The van der Waals surface area contributed by atoms with Crippen LogP contribution in [0.1, 0.15) is 100 Å². The predicted octanol–water partition coefficient (Wildman–Crippen LogP) is 3.15. The minimum atomic E-state index is -2.57. The molecule has 1 saturated carbocycles. The number of allylic oxidation sites excluding steroid dienone is 1. The van der Waals surface area contributed by atoms with Crippen molar-refractivity contribution in [1.29, 1.82) is 0 Å². The zero-order valence-electron chi connectivity index (χ0n) is 26.9. The summed E-state index contributed by atoms with van der Waals surface area (Å²) in [7, 11) is 0. The first-order valence-corrected chi connectivity index (χ1v) is 15.3. The van der Waals surface area contributed by atoms with Gasteiger partial charge in [-0.2, -0.15) is 0 Å². The lowest BCUT2D eigenvalue weighted by molar-refractivity contribution is -0.212. The minimum absolute atomic E-state index is 0.0239. The lowest BCUT2D eigenvalue weighted by atomic mass is 9.75. The Hall–Kier alpha value is -3.25. The zero-order chi connectivity index (χ0) is 33.2. The van der Waals surface area contributed by atoms with Gasteiger partial charge in [-0.3, -0.25) is 14.4 Å². The molecule has 12 heteroatoms. The molecule has 1 saturated heterocycles. The van der Waals surface area contributed by atoms with Crippen molar-refractivity contribution in [2.75, 3.05) is 0 Å². The van der Waals surface area contributed by atoms with Crippen LogP contribution >= 0.6 is 0 Å². The van der Waals surface area contributed by atoms with Gasteiger partial charge in [0.25, 0.3) is 0 Å². The second kappa shape index (κ2) is 13.4. The number of rotatable bonds is 11. The Morgan fingerprint density at radius 1 is 0.977 bits per heavy atom. The van der Waals surface area contributed by atoms with Gasteiger partial charge in [0.2, 0.25) is 0 Å². The first-order valence-electron chi connectivity index (χ1n) is 15.3. The van der Waals surface area contributed by atoms with Gasteiger partial charge in [0.05, 0.1) is 5.92 Å². The van der Waals surface area contributed by atoms with Gasteiger partial charge in [0, 0.05) is 31.8 Å². The van der Waals surface area contributed by atoms with Crippen molar-refractivity contribution in [1.82, 2.24) is 0 Å².